The van der Waals surface area contributed by atoms with E-state index in [2.05, 4.69) is 4.98 Å². The number of halogens is 4. The van der Waals surface area contributed by atoms with E-state index in [0.717, 1.165) is 0 Å². The predicted octanol–water partition coefficient (Wildman–Crippen LogP) is 2.92. The molecule has 0 aliphatic rings. The van der Waals surface area contributed by atoms with Crippen LogP contribution in [0.1, 0.15) is 5.56 Å². The number of aliphatic hydroxyl groups excluding tert-OH is 1. The number of aromatic nitrogens is 1. The van der Waals surface area contributed by atoms with Gasteiger partial charge in [-0.15, -0.1) is 0 Å². The van der Waals surface area contributed by atoms with E-state index in [9.17, 15) is 17.6 Å². The summed E-state index contributed by atoms with van der Waals surface area (Å²) >= 11 is 0. The highest BCUT2D eigenvalue weighted by molar-refractivity contribution is 5.38. The Labute approximate surface area is 105 Å². The van der Waals surface area contributed by atoms with E-state index in [1.165, 1.54) is 18.2 Å². The zero-order valence-corrected chi connectivity index (χ0v) is 9.33. The Morgan fingerprint density at radius 3 is 2.16 bits per heavy atom. The second-order valence-corrected chi connectivity index (χ2v) is 3.52. The molecule has 0 amide bonds. The van der Waals surface area contributed by atoms with Crippen LogP contribution in [0, 0.1) is 23.5 Å². The Morgan fingerprint density at radius 1 is 1.00 bits per heavy atom. The lowest BCUT2D eigenvalue weighted by Crippen LogP contribution is -2.04. The zero-order chi connectivity index (χ0) is 14.0. The number of para-hydroxylation sites is 1. The third kappa shape index (κ3) is 2.50. The summed E-state index contributed by atoms with van der Waals surface area (Å²) in [6.07, 6.45) is 0. The molecule has 1 aromatic heterocycles. The quantitative estimate of drug-likeness (QED) is 0.690. The Morgan fingerprint density at radius 2 is 1.58 bits per heavy atom. The number of hydrogen-bond donors (Lipinski definition) is 1. The van der Waals surface area contributed by atoms with Crippen LogP contribution in [-0.4, -0.2) is 10.1 Å². The first-order valence-electron chi connectivity index (χ1n) is 5.11. The van der Waals surface area contributed by atoms with Gasteiger partial charge in [-0.25, -0.2) is 0 Å². The Hall–Kier alpha value is -2.15. The Balaban J connectivity index is 2.49. The lowest BCUT2D eigenvalue weighted by atomic mass is 10.2. The van der Waals surface area contributed by atoms with E-state index in [1.54, 1.807) is 6.07 Å². The number of pyridine rings is 1. The van der Waals surface area contributed by atoms with Crippen molar-refractivity contribution in [3.8, 4) is 11.5 Å². The summed E-state index contributed by atoms with van der Waals surface area (Å²) in [4.78, 5) is 2.40. The van der Waals surface area contributed by atoms with Crippen molar-refractivity contribution in [3.05, 3.63) is 53.4 Å². The fraction of sp³-hybridized carbons (Fsp3) is 0.0833. The van der Waals surface area contributed by atoms with Gasteiger partial charge in [-0.1, -0.05) is 18.2 Å². The van der Waals surface area contributed by atoms with Crippen molar-refractivity contribution in [3.63, 3.8) is 0 Å². The molecule has 0 saturated heterocycles. The highest BCUT2D eigenvalue weighted by Gasteiger charge is 2.23. The van der Waals surface area contributed by atoms with E-state index in [-0.39, 0.29) is 11.3 Å². The average molecular weight is 273 g/mol. The van der Waals surface area contributed by atoms with Gasteiger partial charge in [-0.05, 0) is 6.07 Å². The summed E-state index contributed by atoms with van der Waals surface area (Å²) in [5, 5.41) is 9.02. The molecule has 0 saturated carbocycles. The van der Waals surface area contributed by atoms with Gasteiger partial charge in [0.05, 0.1) is 6.61 Å². The van der Waals surface area contributed by atoms with Gasteiger partial charge in [0.2, 0.25) is 17.4 Å². The van der Waals surface area contributed by atoms with Crippen molar-refractivity contribution in [2.45, 2.75) is 6.61 Å². The minimum Gasteiger partial charge on any atom is -0.450 e. The molecule has 0 aliphatic heterocycles. The summed E-state index contributed by atoms with van der Waals surface area (Å²) in [6.45, 7) is -0.463. The van der Waals surface area contributed by atoms with E-state index < -0.39 is 35.9 Å². The largest absolute Gasteiger partial charge is 0.450 e. The molecule has 3 nitrogen and oxygen atoms in total. The monoisotopic (exact) mass is 273 g/mol. The Bertz CT molecular complexity index is 593. The van der Waals surface area contributed by atoms with Crippen LogP contribution in [0.25, 0.3) is 0 Å². The SMILES string of the molecule is OCc1ccccc1Oc1c(F)c(F)nc(F)c1F. The molecule has 2 rings (SSSR count). The third-order valence-corrected chi connectivity index (χ3v) is 2.31. The first kappa shape index (κ1) is 13.3. The molecule has 0 fully saturated rings. The van der Waals surface area contributed by atoms with Crippen molar-refractivity contribution in [2.75, 3.05) is 0 Å². The number of hydrogen-bond acceptors (Lipinski definition) is 3. The van der Waals surface area contributed by atoms with Crippen LogP contribution in [0.2, 0.25) is 0 Å². The smallest absolute Gasteiger partial charge is 0.255 e. The van der Waals surface area contributed by atoms with E-state index >= 15 is 0 Å². The molecule has 100 valence electrons. The fourth-order valence-electron chi connectivity index (χ4n) is 1.40. The lowest BCUT2D eigenvalue weighted by Gasteiger charge is -2.11. The average Bonchev–Trinajstić information content (AvgIpc) is 2.42. The topological polar surface area (TPSA) is 42.4 Å². The maximum atomic E-state index is 13.3. The van der Waals surface area contributed by atoms with Crippen molar-refractivity contribution in [1.29, 1.82) is 0 Å². The van der Waals surface area contributed by atoms with Gasteiger partial charge in [-0.3, -0.25) is 0 Å². The van der Waals surface area contributed by atoms with Crippen molar-refractivity contribution >= 4 is 0 Å². The van der Waals surface area contributed by atoms with Crippen LogP contribution in [0.4, 0.5) is 17.6 Å². The zero-order valence-electron chi connectivity index (χ0n) is 9.33. The van der Waals surface area contributed by atoms with Crippen LogP contribution in [0.15, 0.2) is 24.3 Å². The summed E-state index contributed by atoms with van der Waals surface area (Å²) < 4.78 is 57.2. The molecule has 1 aromatic carbocycles. The van der Waals surface area contributed by atoms with Gasteiger partial charge in [0.1, 0.15) is 5.75 Å². The third-order valence-electron chi connectivity index (χ3n) is 2.31. The van der Waals surface area contributed by atoms with Gasteiger partial charge in [0.15, 0.2) is 0 Å². The molecule has 0 spiro atoms. The standard InChI is InChI=1S/C12H7F4NO2/c13-8-10(9(14)12(16)17-11(8)15)19-7-4-2-1-3-6(7)5-18/h1-4,18H,5H2. The summed E-state index contributed by atoms with van der Waals surface area (Å²) in [5.41, 5.74) is 0.207. The number of benzene rings is 1. The molecular formula is C12H7F4NO2. The van der Waals surface area contributed by atoms with Gasteiger partial charge in [0.25, 0.3) is 11.9 Å². The molecule has 1 N–H and O–H groups in total. The van der Waals surface area contributed by atoms with Gasteiger partial charge >= 0.3 is 0 Å². The van der Waals surface area contributed by atoms with Gasteiger partial charge in [0, 0.05) is 5.56 Å². The van der Waals surface area contributed by atoms with Crippen LogP contribution in [0.3, 0.4) is 0 Å². The first-order valence-corrected chi connectivity index (χ1v) is 5.11. The molecule has 0 radical (unpaired) electrons. The second-order valence-electron chi connectivity index (χ2n) is 3.52. The molecule has 1 heterocycles. The molecule has 2 aromatic rings. The van der Waals surface area contributed by atoms with Crippen LogP contribution >= 0.6 is 0 Å². The maximum absolute atomic E-state index is 13.3. The summed E-state index contributed by atoms with van der Waals surface area (Å²) in [5.74, 6) is -8.47. The fourth-order valence-corrected chi connectivity index (χ4v) is 1.40. The molecule has 0 unspecified atom stereocenters. The molecule has 19 heavy (non-hydrogen) atoms. The van der Waals surface area contributed by atoms with E-state index in [4.69, 9.17) is 9.84 Å². The second kappa shape index (κ2) is 5.23. The van der Waals surface area contributed by atoms with E-state index in [0.29, 0.717) is 0 Å². The molecule has 0 atom stereocenters. The highest BCUT2D eigenvalue weighted by Crippen LogP contribution is 2.31. The number of ether oxygens (including phenoxy) is 1. The molecule has 7 heteroatoms. The van der Waals surface area contributed by atoms with E-state index in [1.807, 2.05) is 0 Å². The van der Waals surface area contributed by atoms with Crippen molar-refractivity contribution in [1.82, 2.24) is 4.98 Å². The lowest BCUT2D eigenvalue weighted by molar-refractivity contribution is 0.273. The Kier molecular flexibility index (Phi) is 3.66. The highest BCUT2D eigenvalue weighted by atomic mass is 19.2. The maximum Gasteiger partial charge on any atom is 0.255 e. The minimum absolute atomic E-state index is 0.118. The first-order chi connectivity index (χ1) is 9.04. The number of nitrogens with zero attached hydrogens (tertiary/aromatic N) is 1. The van der Waals surface area contributed by atoms with Crippen molar-refractivity contribution < 1.29 is 27.4 Å². The van der Waals surface area contributed by atoms with Crippen LogP contribution in [0.5, 0.6) is 11.5 Å². The summed E-state index contributed by atoms with van der Waals surface area (Å²) in [6, 6.07) is 5.75. The van der Waals surface area contributed by atoms with Gasteiger partial charge < -0.3 is 9.84 Å². The van der Waals surface area contributed by atoms with Crippen LogP contribution < -0.4 is 4.74 Å². The molecule has 0 aliphatic carbocycles. The number of rotatable bonds is 3. The normalized spacial score (nSPS) is 10.6. The molecule has 0 bridgehead atoms. The minimum atomic E-state index is -1.81. The molecular weight excluding hydrogens is 266 g/mol. The summed E-state index contributed by atoms with van der Waals surface area (Å²) in [7, 11) is 0. The predicted molar refractivity (Wildman–Crippen MR) is 56.5 cm³/mol. The van der Waals surface area contributed by atoms with Crippen LogP contribution in [-0.2, 0) is 6.61 Å². The van der Waals surface area contributed by atoms with Crippen molar-refractivity contribution in [2.24, 2.45) is 0 Å². The number of aliphatic hydroxyl groups is 1. The van der Waals surface area contributed by atoms with Gasteiger partial charge in [-0.2, -0.15) is 22.5 Å².